The number of allylic oxidation sites excluding steroid dienone is 1. The van der Waals surface area contributed by atoms with Crippen molar-refractivity contribution < 1.29 is 9.90 Å². The molecule has 6 heteroatoms. The first-order valence-electron chi connectivity index (χ1n) is 11.3. The number of hydrogen-bond acceptors (Lipinski definition) is 4. The van der Waals surface area contributed by atoms with Crippen molar-refractivity contribution in [1.82, 2.24) is 14.5 Å². The van der Waals surface area contributed by atoms with Gasteiger partial charge in [-0.2, -0.15) is 0 Å². The third kappa shape index (κ3) is 3.37. The minimum absolute atomic E-state index is 0.0229. The summed E-state index contributed by atoms with van der Waals surface area (Å²) < 4.78 is 1.74. The molecule has 0 radical (unpaired) electrons. The van der Waals surface area contributed by atoms with Crippen molar-refractivity contribution in [3.8, 4) is 0 Å². The smallest absolute Gasteiger partial charge is 0.360 e. The van der Waals surface area contributed by atoms with Crippen molar-refractivity contribution >= 4 is 17.0 Å². The second kappa shape index (κ2) is 7.99. The van der Waals surface area contributed by atoms with Gasteiger partial charge >= 0.3 is 5.97 Å². The molecular weight excluding hydrogens is 378 g/mol. The normalized spacial score (nSPS) is 30.7. The Morgan fingerprint density at radius 2 is 1.77 bits per heavy atom. The van der Waals surface area contributed by atoms with Gasteiger partial charge in [-0.05, 0) is 57.1 Å². The van der Waals surface area contributed by atoms with Gasteiger partial charge in [0.05, 0.1) is 11.0 Å². The van der Waals surface area contributed by atoms with Gasteiger partial charge in [0, 0.05) is 24.2 Å². The summed E-state index contributed by atoms with van der Waals surface area (Å²) in [6.07, 6.45) is 15.2. The van der Waals surface area contributed by atoms with Gasteiger partial charge < -0.3 is 9.67 Å². The molecule has 158 valence electrons. The number of para-hydroxylation sites is 2. The van der Waals surface area contributed by atoms with Crippen LogP contribution in [0.25, 0.3) is 11.0 Å². The topological polar surface area (TPSA) is 75.4 Å². The molecule has 30 heavy (non-hydrogen) atoms. The third-order valence-corrected chi connectivity index (χ3v) is 7.24. The minimum Gasteiger partial charge on any atom is -0.476 e. The fourth-order valence-corrected chi connectivity index (χ4v) is 5.98. The monoisotopic (exact) mass is 407 g/mol. The molecule has 0 spiro atoms. The zero-order chi connectivity index (χ0) is 20.7. The van der Waals surface area contributed by atoms with Crippen LogP contribution in [0.2, 0.25) is 0 Å². The molecule has 3 aliphatic rings. The van der Waals surface area contributed by atoms with E-state index in [1.54, 1.807) is 10.6 Å². The fraction of sp³-hybridized carbons (Fsp3) is 0.542. The van der Waals surface area contributed by atoms with Crippen LogP contribution in [-0.2, 0) is 0 Å². The van der Waals surface area contributed by atoms with E-state index in [0.29, 0.717) is 23.6 Å². The summed E-state index contributed by atoms with van der Waals surface area (Å²) in [6.45, 7) is 0. The van der Waals surface area contributed by atoms with Gasteiger partial charge in [0.15, 0.2) is 0 Å². The molecule has 0 amide bonds. The van der Waals surface area contributed by atoms with Crippen molar-refractivity contribution in [3.63, 3.8) is 0 Å². The van der Waals surface area contributed by atoms with Gasteiger partial charge in [-0.3, -0.25) is 9.69 Å². The van der Waals surface area contributed by atoms with Crippen LogP contribution >= 0.6 is 0 Å². The second-order valence-corrected chi connectivity index (χ2v) is 9.02. The van der Waals surface area contributed by atoms with Gasteiger partial charge in [0.1, 0.15) is 0 Å². The zero-order valence-corrected chi connectivity index (χ0v) is 17.2. The Kier molecular flexibility index (Phi) is 5.19. The zero-order valence-electron chi connectivity index (χ0n) is 17.2. The molecule has 0 saturated carbocycles. The lowest BCUT2D eigenvalue weighted by molar-refractivity contribution is 0.0680. The molecule has 2 aromatic rings. The van der Waals surface area contributed by atoms with Crippen molar-refractivity contribution in [2.24, 2.45) is 0 Å². The summed E-state index contributed by atoms with van der Waals surface area (Å²) in [4.78, 5) is 31.6. The molecule has 2 saturated heterocycles. The number of piperidine rings is 1. The highest BCUT2D eigenvalue weighted by molar-refractivity contribution is 5.88. The van der Waals surface area contributed by atoms with E-state index in [-0.39, 0.29) is 11.7 Å². The number of carbonyl (C=O) groups is 1. The predicted molar refractivity (Wildman–Crippen MR) is 116 cm³/mol. The Hall–Kier alpha value is -2.47. The maximum Gasteiger partial charge on any atom is 0.360 e. The Morgan fingerprint density at radius 3 is 2.53 bits per heavy atom. The van der Waals surface area contributed by atoms with Crippen LogP contribution in [0.1, 0.15) is 74.3 Å². The van der Waals surface area contributed by atoms with Crippen LogP contribution < -0.4 is 5.56 Å². The van der Waals surface area contributed by atoms with Crippen molar-refractivity contribution in [1.29, 1.82) is 0 Å². The summed E-state index contributed by atoms with van der Waals surface area (Å²) >= 11 is 0. The molecule has 1 N–H and O–H groups in total. The fourth-order valence-electron chi connectivity index (χ4n) is 5.98. The number of aromatic nitrogens is 2. The number of aromatic carboxylic acids is 1. The second-order valence-electron chi connectivity index (χ2n) is 9.02. The van der Waals surface area contributed by atoms with Crippen molar-refractivity contribution in [2.75, 3.05) is 0 Å². The first-order valence-corrected chi connectivity index (χ1v) is 11.3. The highest BCUT2D eigenvalue weighted by atomic mass is 16.4. The van der Waals surface area contributed by atoms with E-state index in [9.17, 15) is 14.7 Å². The van der Waals surface area contributed by atoms with E-state index in [1.807, 2.05) is 18.2 Å². The quantitative estimate of drug-likeness (QED) is 0.774. The number of nitrogens with zero attached hydrogens (tertiary/aromatic N) is 3. The Bertz CT molecular complexity index is 1030. The standard InChI is InChI=1S/C24H29N3O3/c28-23-22(24(29)30)25-20-10-6-7-11-21(20)27(23)19-14-17-12-13-18(15-19)26(17)16-8-4-2-1-3-5-9-16/h4,6-8,10-11,16-19H,1-3,5,9,12-15H2,(H,29,30)/b8-4-. The number of rotatable bonds is 3. The Labute approximate surface area is 176 Å². The number of carboxylic acid groups (broad SMARTS) is 1. The lowest BCUT2D eigenvalue weighted by atomic mass is 9.92. The van der Waals surface area contributed by atoms with E-state index >= 15 is 0 Å². The Balaban J connectivity index is 1.50. The first kappa shape index (κ1) is 19.5. The molecular formula is C24H29N3O3. The van der Waals surface area contributed by atoms with Crippen LogP contribution in [0.3, 0.4) is 0 Å². The maximum atomic E-state index is 13.1. The molecule has 1 aromatic heterocycles. The maximum absolute atomic E-state index is 13.1. The molecule has 5 rings (SSSR count). The average Bonchev–Trinajstić information content (AvgIpc) is 2.96. The summed E-state index contributed by atoms with van der Waals surface area (Å²) in [6, 6.07) is 8.85. The Morgan fingerprint density at radius 1 is 1.00 bits per heavy atom. The number of carboxylic acids is 1. The van der Waals surface area contributed by atoms with E-state index in [0.717, 1.165) is 31.2 Å². The van der Waals surface area contributed by atoms with Gasteiger partial charge in [-0.15, -0.1) is 0 Å². The van der Waals surface area contributed by atoms with Gasteiger partial charge in [-0.25, -0.2) is 9.78 Å². The van der Waals surface area contributed by atoms with Crippen LogP contribution in [0, 0.1) is 0 Å². The molecule has 2 bridgehead atoms. The first-order chi connectivity index (χ1) is 14.6. The highest BCUT2D eigenvalue weighted by Crippen LogP contribution is 2.43. The van der Waals surface area contributed by atoms with E-state index in [4.69, 9.17) is 0 Å². The SMILES string of the molecule is O=C(O)c1nc2ccccc2n(C2CC3CCC(C2)N3C2/C=C\CCCCC2)c1=O. The van der Waals surface area contributed by atoms with Crippen molar-refractivity contribution in [2.45, 2.75) is 82.0 Å². The summed E-state index contributed by atoms with van der Waals surface area (Å²) in [5, 5.41) is 9.53. The largest absolute Gasteiger partial charge is 0.476 e. The van der Waals surface area contributed by atoms with Gasteiger partial charge in [-0.1, -0.05) is 37.1 Å². The molecule has 3 unspecified atom stereocenters. The van der Waals surface area contributed by atoms with E-state index in [2.05, 4.69) is 22.0 Å². The van der Waals surface area contributed by atoms with Crippen LogP contribution in [0.5, 0.6) is 0 Å². The van der Waals surface area contributed by atoms with Gasteiger partial charge in [0.2, 0.25) is 5.69 Å². The average molecular weight is 408 g/mol. The molecule has 1 aromatic carbocycles. The van der Waals surface area contributed by atoms with Crippen LogP contribution in [0.15, 0.2) is 41.2 Å². The number of benzene rings is 1. The van der Waals surface area contributed by atoms with Crippen LogP contribution in [-0.4, -0.2) is 43.7 Å². The molecule has 1 aliphatic carbocycles. The molecule has 3 atom stereocenters. The number of fused-ring (bicyclic) bond motifs is 3. The van der Waals surface area contributed by atoms with E-state index in [1.165, 1.54) is 32.1 Å². The summed E-state index contributed by atoms with van der Waals surface area (Å²) in [7, 11) is 0. The third-order valence-electron chi connectivity index (χ3n) is 7.24. The van der Waals surface area contributed by atoms with Crippen molar-refractivity contribution in [3.05, 3.63) is 52.5 Å². The lowest BCUT2D eigenvalue weighted by Crippen LogP contribution is -2.49. The summed E-state index contributed by atoms with van der Waals surface area (Å²) in [5.74, 6) is -1.25. The lowest BCUT2D eigenvalue weighted by Gasteiger charge is -2.43. The van der Waals surface area contributed by atoms with Gasteiger partial charge in [0.25, 0.3) is 5.56 Å². The highest BCUT2D eigenvalue weighted by Gasteiger charge is 2.44. The number of hydrogen-bond donors (Lipinski definition) is 1. The van der Waals surface area contributed by atoms with Crippen LogP contribution in [0.4, 0.5) is 0 Å². The molecule has 2 fully saturated rings. The minimum atomic E-state index is -1.25. The molecule has 3 heterocycles. The predicted octanol–water partition coefficient (Wildman–Crippen LogP) is 4.15. The molecule has 6 nitrogen and oxygen atoms in total. The molecule has 2 aliphatic heterocycles. The summed E-state index contributed by atoms with van der Waals surface area (Å²) in [5.41, 5.74) is 0.486. The van der Waals surface area contributed by atoms with E-state index < -0.39 is 11.5 Å².